The predicted octanol–water partition coefficient (Wildman–Crippen LogP) is 1.63. The van der Waals surface area contributed by atoms with Gasteiger partial charge in [0.05, 0.1) is 12.0 Å². The number of rotatable bonds is 5. The third kappa shape index (κ3) is 3.55. The summed E-state index contributed by atoms with van der Waals surface area (Å²) in [5.74, 6) is -0.745. The van der Waals surface area contributed by atoms with Crippen LogP contribution in [0.2, 0.25) is 0 Å². The molecular weight excluding hydrogens is 208 g/mol. The molecule has 0 saturated carbocycles. The molecule has 16 heavy (non-hydrogen) atoms. The first-order valence-electron chi connectivity index (χ1n) is 5.14. The van der Waals surface area contributed by atoms with E-state index < -0.39 is 18.0 Å². The highest BCUT2D eigenvalue weighted by Crippen LogP contribution is 2.19. The molecule has 0 saturated heterocycles. The molecule has 0 heterocycles. The molecule has 0 bridgehead atoms. The summed E-state index contributed by atoms with van der Waals surface area (Å²) in [6.45, 7) is 3.50. The topological polar surface area (TPSA) is 66.8 Å². The predicted molar refractivity (Wildman–Crippen MR) is 59.7 cm³/mol. The molecule has 0 aromatic heterocycles. The molecule has 0 spiro atoms. The van der Waals surface area contributed by atoms with Gasteiger partial charge in [-0.05, 0) is 31.5 Å². The van der Waals surface area contributed by atoms with Crippen LogP contribution in [0.3, 0.4) is 0 Å². The molecule has 0 aliphatic heterocycles. The zero-order valence-electron chi connectivity index (χ0n) is 9.38. The van der Waals surface area contributed by atoms with Gasteiger partial charge in [0.15, 0.2) is 0 Å². The first kappa shape index (κ1) is 12.5. The Morgan fingerprint density at radius 3 is 2.31 bits per heavy atom. The Kier molecular flexibility index (Phi) is 4.31. The number of ether oxygens (including phenoxy) is 1. The van der Waals surface area contributed by atoms with Crippen molar-refractivity contribution in [3.05, 3.63) is 29.8 Å². The molecule has 0 fully saturated rings. The van der Waals surface area contributed by atoms with Crippen LogP contribution in [0.4, 0.5) is 0 Å². The van der Waals surface area contributed by atoms with Gasteiger partial charge in [0.2, 0.25) is 0 Å². The second-order valence-electron chi connectivity index (χ2n) is 3.79. The molecule has 4 heteroatoms. The van der Waals surface area contributed by atoms with Crippen molar-refractivity contribution in [2.45, 2.75) is 25.9 Å². The molecular formula is C12H16O4. The van der Waals surface area contributed by atoms with E-state index in [-0.39, 0.29) is 6.61 Å². The van der Waals surface area contributed by atoms with Crippen LogP contribution in [0.1, 0.15) is 25.3 Å². The van der Waals surface area contributed by atoms with Crippen molar-refractivity contribution in [1.82, 2.24) is 0 Å². The van der Waals surface area contributed by atoms with Crippen molar-refractivity contribution >= 4 is 5.97 Å². The average molecular weight is 224 g/mol. The summed E-state index contributed by atoms with van der Waals surface area (Å²) < 4.78 is 5.27. The first-order valence-corrected chi connectivity index (χ1v) is 5.14. The van der Waals surface area contributed by atoms with Crippen LogP contribution < -0.4 is 4.74 Å². The van der Waals surface area contributed by atoms with Crippen molar-refractivity contribution < 1.29 is 19.7 Å². The normalized spacial score (nSPS) is 14.2. The molecule has 1 aromatic rings. The molecule has 2 unspecified atom stereocenters. The maximum Gasteiger partial charge on any atom is 0.310 e. The van der Waals surface area contributed by atoms with Crippen molar-refractivity contribution in [3.8, 4) is 5.75 Å². The lowest BCUT2D eigenvalue weighted by atomic mass is 10.0. The van der Waals surface area contributed by atoms with E-state index in [0.29, 0.717) is 5.75 Å². The Morgan fingerprint density at radius 2 is 1.88 bits per heavy atom. The number of carboxylic acid groups (broad SMARTS) is 1. The number of aliphatic hydroxyl groups is 1. The second-order valence-corrected chi connectivity index (χ2v) is 3.79. The summed E-state index contributed by atoms with van der Waals surface area (Å²) in [4.78, 5) is 10.7. The summed E-state index contributed by atoms with van der Waals surface area (Å²) in [6, 6.07) is 6.85. The Labute approximate surface area is 94.5 Å². The Balaban J connectivity index is 2.64. The lowest BCUT2D eigenvalue weighted by Gasteiger charge is -2.10. The van der Waals surface area contributed by atoms with Gasteiger partial charge < -0.3 is 14.9 Å². The summed E-state index contributed by atoms with van der Waals surface area (Å²) in [5.41, 5.74) is 0.733. The van der Waals surface area contributed by atoms with Crippen LogP contribution in [-0.4, -0.2) is 28.9 Å². The van der Waals surface area contributed by atoms with Crippen molar-refractivity contribution in [1.29, 1.82) is 0 Å². The zero-order chi connectivity index (χ0) is 12.1. The van der Waals surface area contributed by atoms with E-state index in [0.717, 1.165) is 5.56 Å². The van der Waals surface area contributed by atoms with E-state index in [1.54, 1.807) is 38.1 Å². The highest BCUT2D eigenvalue weighted by molar-refractivity contribution is 5.75. The van der Waals surface area contributed by atoms with Gasteiger partial charge in [-0.1, -0.05) is 12.1 Å². The van der Waals surface area contributed by atoms with Gasteiger partial charge in [0.1, 0.15) is 12.4 Å². The van der Waals surface area contributed by atoms with Crippen LogP contribution in [0.15, 0.2) is 24.3 Å². The van der Waals surface area contributed by atoms with Crippen LogP contribution in [0.5, 0.6) is 5.75 Å². The van der Waals surface area contributed by atoms with Crippen molar-refractivity contribution in [3.63, 3.8) is 0 Å². The minimum Gasteiger partial charge on any atom is -0.491 e. The van der Waals surface area contributed by atoms with E-state index in [2.05, 4.69) is 0 Å². The summed E-state index contributed by atoms with van der Waals surface area (Å²) in [5, 5.41) is 17.8. The number of carboxylic acids is 1. The number of aliphatic hydroxyl groups excluding tert-OH is 1. The third-order valence-corrected chi connectivity index (χ3v) is 2.24. The summed E-state index contributed by atoms with van der Waals surface area (Å²) in [7, 11) is 0. The largest absolute Gasteiger partial charge is 0.491 e. The average Bonchev–Trinajstić information content (AvgIpc) is 2.26. The van der Waals surface area contributed by atoms with Crippen LogP contribution in [-0.2, 0) is 4.79 Å². The number of hydrogen-bond acceptors (Lipinski definition) is 3. The maximum absolute atomic E-state index is 10.7. The van der Waals surface area contributed by atoms with E-state index in [9.17, 15) is 4.79 Å². The summed E-state index contributed by atoms with van der Waals surface area (Å²) in [6.07, 6.45) is -0.516. The van der Waals surface area contributed by atoms with Crippen LogP contribution in [0, 0.1) is 0 Å². The lowest BCUT2D eigenvalue weighted by Crippen LogP contribution is -2.13. The highest BCUT2D eigenvalue weighted by Gasteiger charge is 2.13. The Bertz CT molecular complexity index is 343. The van der Waals surface area contributed by atoms with Crippen LogP contribution >= 0.6 is 0 Å². The van der Waals surface area contributed by atoms with Gasteiger partial charge in [0.25, 0.3) is 0 Å². The number of benzene rings is 1. The maximum atomic E-state index is 10.7. The molecule has 2 N–H and O–H groups in total. The fourth-order valence-electron chi connectivity index (χ4n) is 1.21. The van der Waals surface area contributed by atoms with E-state index >= 15 is 0 Å². The van der Waals surface area contributed by atoms with Crippen LogP contribution in [0.25, 0.3) is 0 Å². The number of aliphatic carboxylic acids is 1. The van der Waals surface area contributed by atoms with Gasteiger partial charge in [0, 0.05) is 0 Å². The third-order valence-electron chi connectivity index (χ3n) is 2.24. The molecule has 0 radical (unpaired) electrons. The van der Waals surface area contributed by atoms with Gasteiger partial charge in [-0.3, -0.25) is 4.79 Å². The molecule has 2 atom stereocenters. The van der Waals surface area contributed by atoms with E-state index in [4.69, 9.17) is 14.9 Å². The second kappa shape index (κ2) is 5.51. The monoisotopic (exact) mass is 224 g/mol. The molecule has 4 nitrogen and oxygen atoms in total. The zero-order valence-corrected chi connectivity index (χ0v) is 9.38. The van der Waals surface area contributed by atoms with Gasteiger partial charge in [-0.2, -0.15) is 0 Å². The molecule has 0 aliphatic carbocycles. The van der Waals surface area contributed by atoms with Gasteiger partial charge in [-0.15, -0.1) is 0 Å². The van der Waals surface area contributed by atoms with Crippen molar-refractivity contribution in [2.24, 2.45) is 0 Å². The molecule has 1 aromatic carbocycles. The minimum absolute atomic E-state index is 0.230. The van der Waals surface area contributed by atoms with Gasteiger partial charge >= 0.3 is 5.97 Å². The fourth-order valence-corrected chi connectivity index (χ4v) is 1.21. The standard InChI is InChI=1S/C12H16O4/c1-8(13)7-16-11-5-3-10(4-6-11)9(2)12(14)15/h3-6,8-9,13H,7H2,1-2H3,(H,14,15). The smallest absolute Gasteiger partial charge is 0.310 e. The highest BCUT2D eigenvalue weighted by atomic mass is 16.5. The van der Waals surface area contributed by atoms with E-state index in [1.165, 1.54) is 0 Å². The van der Waals surface area contributed by atoms with Crippen molar-refractivity contribution in [2.75, 3.05) is 6.61 Å². The molecule has 88 valence electrons. The lowest BCUT2D eigenvalue weighted by molar-refractivity contribution is -0.138. The molecule has 1 rings (SSSR count). The SMILES string of the molecule is CC(O)COc1ccc(C(C)C(=O)O)cc1. The quantitative estimate of drug-likeness (QED) is 0.797. The first-order chi connectivity index (χ1) is 7.50. The van der Waals surface area contributed by atoms with E-state index in [1.807, 2.05) is 0 Å². The summed E-state index contributed by atoms with van der Waals surface area (Å²) >= 11 is 0. The Hall–Kier alpha value is -1.55. The van der Waals surface area contributed by atoms with Gasteiger partial charge in [-0.25, -0.2) is 0 Å². The molecule has 0 aliphatic rings. The Morgan fingerprint density at radius 1 is 1.31 bits per heavy atom. The molecule has 0 amide bonds. The fraction of sp³-hybridized carbons (Fsp3) is 0.417. The number of hydrogen-bond donors (Lipinski definition) is 2. The minimum atomic E-state index is -0.849. The number of carbonyl (C=O) groups is 1.